The summed E-state index contributed by atoms with van der Waals surface area (Å²) in [6.45, 7) is 7.46. The van der Waals surface area contributed by atoms with Crippen LogP contribution in [0.1, 0.15) is 38.3 Å². The van der Waals surface area contributed by atoms with Crippen molar-refractivity contribution in [3.05, 3.63) is 35.9 Å². The van der Waals surface area contributed by atoms with Crippen LogP contribution in [0.5, 0.6) is 0 Å². The second kappa shape index (κ2) is 9.92. The van der Waals surface area contributed by atoms with Gasteiger partial charge >= 0.3 is 0 Å². The van der Waals surface area contributed by atoms with Crippen LogP contribution in [-0.2, 0) is 4.74 Å². The number of nitrogens with zero attached hydrogens (tertiary/aromatic N) is 1. The standard InChI is InChI=1S/C17H30N2O/c1-5-15(2)19(13-14-20-4)12-11-17(18-3)16-9-7-6-8-10-16/h6-10,15,17-18H,5,11-14H2,1-4H3. The highest BCUT2D eigenvalue weighted by molar-refractivity contribution is 5.18. The zero-order valence-corrected chi connectivity index (χ0v) is 13.4. The smallest absolute Gasteiger partial charge is 0.0589 e. The SMILES string of the molecule is CCC(C)N(CCOC)CCC(NC)c1ccccc1. The Kier molecular flexibility index (Phi) is 8.51. The van der Waals surface area contributed by atoms with E-state index in [2.05, 4.69) is 54.4 Å². The molecule has 20 heavy (non-hydrogen) atoms. The van der Waals surface area contributed by atoms with E-state index in [9.17, 15) is 0 Å². The predicted octanol–water partition coefficient (Wildman–Crippen LogP) is 3.08. The van der Waals surface area contributed by atoms with Crippen molar-refractivity contribution in [1.29, 1.82) is 0 Å². The summed E-state index contributed by atoms with van der Waals surface area (Å²) in [6, 6.07) is 11.7. The highest BCUT2D eigenvalue weighted by Crippen LogP contribution is 2.17. The molecule has 3 heteroatoms. The highest BCUT2D eigenvalue weighted by atomic mass is 16.5. The van der Waals surface area contributed by atoms with Gasteiger partial charge in [-0.05, 0) is 32.4 Å². The van der Waals surface area contributed by atoms with E-state index in [1.54, 1.807) is 7.11 Å². The Hall–Kier alpha value is -0.900. The molecular formula is C17H30N2O. The first kappa shape index (κ1) is 17.2. The molecule has 0 aliphatic rings. The zero-order chi connectivity index (χ0) is 14.8. The zero-order valence-electron chi connectivity index (χ0n) is 13.4. The van der Waals surface area contributed by atoms with Gasteiger partial charge in [0.2, 0.25) is 0 Å². The molecular weight excluding hydrogens is 248 g/mol. The molecule has 0 fully saturated rings. The molecule has 114 valence electrons. The first-order valence-electron chi connectivity index (χ1n) is 7.68. The van der Waals surface area contributed by atoms with E-state index in [0.717, 1.165) is 26.1 Å². The molecule has 0 aliphatic heterocycles. The van der Waals surface area contributed by atoms with E-state index in [4.69, 9.17) is 4.74 Å². The van der Waals surface area contributed by atoms with Gasteiger partial charge < -0.3 is 10.1 Å². The summed E-state index contributed by atoms with van der Waals surface area (Å²) in [5.74, 6) is 0. The molecule has 0 aromatic heterocycles. The van der Waals surface area contributed by atoms with Gasteiger partial charge in [-0.3, -0.25) is 4.90 Å². The molecule has 2 unspecified atom stereocenters. The molecule has 2 atom stereocenters. The summed E-state index contributed by atoms with van der Waals surface area (Å²) >= 11 is 0. The topological polar surface area (TPSA) is 24.5 Å². The minimum absolute atomic E-state index is 0.422. The van der Waals surface area contributed by atoms with Gasteiger partial charge in [0.25, 0.3) is 0 Å². The molecule has 0 saturated heterocycles. The van der Waals surface area contributed by atoms with Gasteiger partial charge in [0.15, 0.2) is 0 Å². The van der Waals surface area contributed by atoms with Gasteiger partial charge in [-0.1, -0.05) is 37.3 Å². The average Bonchev–Trinajstić information content (AvgIpc) is 2.51. The molecule has 1 aromatic carbocycles. The number of hydrogen-bond acceptors (Lipinski definition) is 3. The van der Waals surface area contributed by atoms with Crippen molar-refractivity contribution >= 4 is 0 Å². The van der Waals surface area contributed by atoms with Crippen LogP contribution in [-0.4, -0.2) is 44.8 Å². The first-order chi connectivity index (χ1) is 9.72. The Labute approximate surface area is 124 Å². The van der Waals surface area contributed by atoms with Gasteiger partial charge in [0.05, 0.1) is 6.61 Å². The van der Waals surface area contributed by atoms with Crippen molar-refractivity contribution in [3.63, 3.8) is 0 Å². The molecule has 1 N–H and O–H groups in total. The Morgan fingerprint density at radius 1 is 1.20 bits per heavy atom. The Morgan fingerprint density at radius 2 is 1.90 bits per heavy atom. The Morgan fingerprint density at radius 3 is 2.45 bits per heavy atom. The predicted molar refractivity (Wildman–Crippen MR) is 86.1 cm³/mol. The fourth-order valence-corrected chi connectivity index (χ4v) is 2.48. The maximum atomic E-state index is 5.23. The molecule has 1 aromatic rings. The van der Waals surface area contributed by atoms with Crippen molar-refractivity contribution in [2.75, 3.05) is 33.9 Å². The molecule has 0 spiro atoms. The van der Waals surface area contributed by atoms with Gasteiger partial charge in [0, 0.05) is 32.3 Å². The van der Waals surface area contributed by atoms with Crippen LogP contribution in [0.25, 0.3) is 0 Å². The van der Waals surface area contributed by atoms with E-state index in [1.165, 1.54) is 12.0 Å². The van der Waals surface area contributed by atoms with Gasteiger partial charge in [-0.25, -0.2) is 0 Å². The number of ether oxygens (including phenoxy) is 1. The largest absolute Gasteiger partial charge is 0.383 e. The molecule has 0 bridgehead atoms. The fraction of sp³-hybridized carbons (Fsp3) is 0.647. The lowest BCUT2D eigenvalue weighted by Crippen LogP contribution is -2.37. The summed E-state index contributed by atoms with van der Waals surface area (Å²) < 4.78 is 5.23. The Balaban J connectivity index is 2.55. The molecule has 3 nitrogen and oxygen atoms in total. The van der Waals surface area contributed by atoms with Crippen LogP contribution >= 0.6 is 0 Å². The van der Waals surface area contributed by atoms with E-state index in [1.807, 2.05) is 7.05 Å². The second-order valence-electron chi connectivity index (χ2n) is 5.33. The van der Waals surface area contributed by atoms with Crippen molar-refractivity contribution in [3.8, 4) is 0 Å². The van der Waals surface area contributed by atoms with Crippen LogP contribution < -0.4 is 5.32 Å². The monoisotopic (exact) mass is 278 g/mol. The van der Waals surface area contributed by atoms with Crippen molar-refractivity contribution in [2.45, 2.75) is 38.8 Å². The minimum Gasteiger partial charge on any atom is -0.383 e. The number of benzene rings is 1. The van der Waals surface area contributed by atoms with Crippen molar-refractivity contribution in [1.82, 2.24) is 10.2 Å². The summed E-state index contributed by atoms with van der Waals surface area (Å²) in [6.07, 6.45) is 2.30. The normalized spacial score (nSPS) is 14.4. The van der Waals surface area contributed by atoms with E-state index >= 15 is 0 Å². The number of nitrogens with one attached hydrogen (secondary N) is 1. The first-order valence-corrected chi connectivity index (χ1v) is 7.68. The summed E-state index contributed by atoms with van der Waals surface area (Å²) in [7, 11) is 3.82. The number of methoxy groups -OCH3 is 1. The maximum absolute atomic E-state index is 5.23. The minimum atomic E-state index is 0.422. The molecule has 0 aliphatic carbocycles. The van der Waals surface area contributed by atoms with Gasteiger partial charge in [-0.15, -0.1) is 0 Å². The van der Waals surface area contributed by atoms with Gasteiger partial charge in [0.1, 0.15) is 0 Å². The van der Waals surface area contributed by atoms with Crippen LogP contribution in [0.2, 0.25) is 0 Å². The average molecular weight is 278 g/mol. The highest BCUT2D eigenvalue weighted by Gasteiger charge is 2.15. The lowest BCUT2D eigenvalue weighted by atomic mass is 10.0. The van der Waals surface area contributed by atoms with E-state index in [-0.39, 0.29) is 0 Å². The fourth-order valence-electron chi connectivity index (χ4n) is 2.48. The molecule has 0 amide bonds. The van der Waals surface area contributed by atoms with Crippen LogP contribution in [0, 0.1) is 0 Å². The second-order valence-corrected chi connectivity index (χ2v) is 5.33. The van der Waals surface area contributed by atoms with Crippen molar-refractivity contribution < 1.29 is 4.74 Å². The van der Waals surface area contributed by atoms with Gasteiger partial charge in [-0.2, -0.15) is 0 Å². The quantitative estimate of drug-likeness (QED) is 0.712. The summed E-state index contributed by atoms with van der Waals surface area (Å²) in [4.78, 5) is 2.52. The van der Waals surface area contributed by atoms with Crippen LogP contribution in [0.3, 0.4) is 0 Å². The van der Waals surface area contributed by atoms with Crippen LogP contribution in [0.15, 0.2) is 30.3 Å². The molecule has 0 saturated carbocycles. The van der Waals surface area contributed by atoms with Crippen molar-refractivity contribution in [2.24, 2.45) is 0 Å². The lowest BCUT2D eigenvalue weighted by Gasteiger charge is -2.30. The van der Waals surface area contributed by atoms with Crippen LogP contribution in [0.4, 0.5) is 0 Å². The third-order valence-corrected chi connectivity index (χ3v) is 4.05. The third-order valence-electron chi connectivity index (χ3n) is 4.05. The summed E-state index contributed by atoms with van der Waals surface area (Å²) in [5.41, 5.74) is 1.37. The third kappa shape index (κ3) is 5.61. The number of hydrogen-bond donors (Lipinski definition) is 1. The molecule has 1 rings (SSSR count). The van der Waals surface area contributed by atoms with E-state index < -0.39 is 0 Å². The van der Waals surface area contributed by atoms with E-state index in [0.29, 0.717) is 12.1 Å². The Bertz CT molecular complexity index is 342. The molecule has 0 radical (unpaired) electrons. The maximum Gasteiger partial charge on any atom is 0.0589 e. The number of rotatable bonds is 10. The molecule has 0 heterocycles. The lowest BCUT2D eigenvalue weighted by molar-refractivity contribution is 0.119. The summed E-state index contributed by atoms with van der Waals surface area (Å²) in [5, 5.41) is 3.43.